The summed E-state index contributed by atoms with van der Waals surface area (Å²) in [5.74, 6) is 0.188. The number of aromatic nitrogens is 2. The molecule has 0 saturated heterocycles. The number of carbonyl (C=O) groups excluding carboxylic acids is 1. The molecule has 5 nitrogen and oxygen atoms in total. The van der Waals surface area contributed by atoms with Gasteiger partial charge in [-0.25, -0.2) is 9.97 Å². The van der Waals surface area contributed by atoms with Crippen LogP contribution in [0.1, 0.15) is 48.2 Å². The number of nitrogens with one attached hydrogen (secondary N) is 2. The van der Waals surface area contributed by atoms with Gasteiger partial charge in [0.2, 0.25) is 5.95 Å². The van der Waals surface area contributed by atoms with Crippen molar-refractivity contribution in [2.75, 3.05) is 17.2 Å². The normalized spacial score (nSPS) is 13.8. The Bertz CT molecular complexity index is 819. The SMILES string of the molecule is Cc1c(Cl)cccc1NC(=O)c1ccnc(NCCC2=CCCCC2)n1. The fourth-order valence-electron chi connectivity index (χ4n) is 2.97. The van der Waals surface area contributed by atoms with Gasteiger partial charge in [-0.2, -0.15) is 0 Å². The Kier molecular flexibility index (Phi) is 6.23. The van der Waals surface area contributed by atoms with Crippen LogP contribution in [0.5, 0.6) is 0 Å². The van der Waals surface area contributed by atoms with Crippen LogP contribution in [-0.4, -0.2) is 22.4 Å². The molecule has 1 aromatic heterocycles. The molecule has 1 aromatic carbocycles. The maximum Gasteiger partial charge on any atom is 0.274 e. The molecule has 6 heteroatoms. The molecular formula is C20H23ClN4O. The van der Waals surface area contributed by atoms with Crippen LogP contribution in [-0.2, 0) is 0 Å². The van der Waals surface area contributed by atoms with Gasteiger partial charge in [-0.1, -0.05) is 29.3 Å². The molecule has 3 rings (SSSR count). The van der Waals surface area contributed by atoms with Crippen molar-refractivity contribution in [2.45, 2.75) is 39.0 Å². The van der Waals surface area contributed by atoms with E-state index in [1.54, 1.807) is 24.4 Å². The van der Waals surface area contributed by atoms with Gasteiger partial charge in [0.05, 0.1) is 0 Å². The van der Waals surface area contributed by atoms with E-state index in [-0.39, 0.29) is 5.91 Å². The summed E-state index contributed by atoms with van der Waals surface area (Å²) in [6, 6.07) is 7.01. The molecule has 2 N–H and O–H groups in total. The molecule has 1 amide bonds. The van der Waals surface area contributed by atoms with Crippen molar-refractivity contribution in [1.29, 1.82) is 0 Å². The number of halogens is 1. The lowest BCUT2D eigenvalue weighted by atomic mass is 9.97. The Hall–Kier alpha value is -2.40. The average Bonchev–Trinajstić information content (AvgIpc) is 2.66. The molecule has 1 aliphatic carbocycles. The molecule has 0 radical (unpaired) electrons. The van der Waals surface area contributed by atoms with Crippen LogP contribution in [0.2, 0.25) is 5.02 Å². The van der Waals surface area contributed by atoms with E-state index in [4.69, 9.17) is 11.6 Å². The van der Waals surface area contributed by atoms with Crippen molar-refractivity contribution in [1.82, 2.24) is 9.97 Å². The number of allylic oxidation sites excluding steroid dienone is 1. The zero-order valence-corrected chi connectivity index (χ0v) is 15.6. The van der Waals surface area contributed by atoms with Gasteiger partial charge in [0.15, 0.2) is 0 Å². The van der Waals surface area contributed by atoms with E-state index in [0.717, 1.165) is 18.5 Å². The van der Waals surface area contributed by atoms with Crippen LogP contribution >= 0.6 is 11.6 Å². The molecule has 0 unspecified atom stereocenters. The monoisotopic (exact) mass is 370 g/mol. The Balaban J connectivity index is 1.60. The van der Waals surface area contributed by atoms with Crippen molar-refractivity contribution < 1.29 is 4.79 Å². The average molecular weight is 371 g/mol. The molecule has 0 saturated carbocycles. The Morgan fingerprint density at radius 3 is 2.96 bits per heavy atom. The Morgan fingerprint density at radius 1 is 1.27 bits per heavy atom. The minimum atomic E-state index is -0.282. The van der Waals surface area contributed by atoms with Crippen LogP contribution in [0.15, 0.2) is 42.1 Å². The van der Waals surface area contributed by atoms with Crippen molar-refractivity contribution >= 4 is 29.1 Å². The van der Waals surface area contributed by atoms with Crippen molar-refractivity contribution in [3.8, 4) is 0 Å². The lowest BCUT2D eigenvalue weighted by Crippen LogP contribution is -2.16. The standard InChI is InChI=1S/C20H23ClN4O/c1-14-16(21)8-5-9-17(14)24-19(26)18-11-13-23-20(25-18)22-12-10-15-6-3-2-4-7-15/h5-6,8-9,11,13H,2-4,7,10,12H2,1H3,(H,24,26)(H,22,23,25). The van der Waals surface area contributed by atoms with Gasteiger partial charge < -0.3 is 10.6 Å². The van der Waals surface area contributed by atoms with Crippen molar-refractivity contribution in [2.24, 2.45) is 0 Å². The summed E-state index contributed by atoms with van der Waals surface area (Å²) < 4.78 is 0. The predicted octanol–water partition coefficient (Wildman–Crippen LogP) is 4.99. The predicted molar refractivity (Wildman–Crippen MR) is 106 cm³/mol. The molecule has 0 bridgehead atoms. The minimum absolute atomic E-state index is 0.282. The first-order valence-corrected chi connectivity index (χ1v) is 9.32. The number of hydrogen-bond acceptors (Lipinski definition) is 4. The van der Waals surface area contributed by atoms with Crippen LogP contribution in [0.3, 0.4) is 0 Å². The third-order valence-electron chi connectivity index (χ3n) is 4.52. The second-order valence-electron chi connectivity index (χ2n) is 6.42. The second-order valence-corrected chi connectivity index (χ2v) is 6.82. The van der Waals surface area contributed by atoms with E-state index in [0.29, 0.717) is 22.4 Å². The first-order valence-electron chi connectivity index (χ1n) is 8.95. The maximum atomic E-state index is 12.5. The van der Waals surface area contributed by atoms with Crippen molar-refractivity contribution in [3.63, 3.8) is 0 Å². The fraction of sp³-hybridized carbons (Fsp3) is 0.350. The number of rotatable bonds is 6. The smallest absolute Gasteiger partial charge is 0.274 e. The molecule has 26 heavy (non-hydrogen) atoms. The van der Waals surface area contributed by atoms with Gasteiger partial charge in [0.25, 0.3) is 5.91 Å². The highest BCUT2D eigenvalue weighted by molar-refractivity contribution is 6.31. The highest BCUT2D eigenvalue weighted by Crippen LogP contribution is 2.23. The first kappa shape index (κ1) is 18.4. The zero-order valence-electron chi connectivity index (χ0n) is 14.9. The number of nitrogens with zero attached hydrogens (tertiary/aromatic N) is 2. The number of anilines is 2. The van der Waals surface area contributed by atoms with E-state index in [2.05, 4.69) is 26.7 Å². The summed E-state index contributed by atoms with van der Waals surface area (Å²) in [6.07, 6.45) is 9.86. The summed E-state index contributed by atoms with van der Waals surface area (Å²) in [5, 5.41) is 6.67. The van der Waals surface area contributed by atoms with Gasteiger partial charge in [-0.05, 0) is 62.8 Å². The molecule has 1 aliphatic rings. The van der Waals surface area contributed by atoms with Crippen LogP contribution in [0.4, 0.5) is 11.6 Å². The van der Waals surface area contributed by atoms with Crippen LogP contribution in [0, 0.1) is 6.92 Å². The Morgan fingerprint density at radius 2 is 2.15 bits per heavy atom. The number of amides is 1. The second kappa shape index (κ2) is 8.81. The summed E-state index contributed by atoms with van der Waals surface area (Å²) in [6.45, 7) is 2.63. The van der Waals surface area contributed by atoms with E-state index in [1.165, 1.54) is 31.3 Å². The Labute approximate surface area is 158 Å². The largest absolute Gasteiger partial charge is 0.354 e. The summed E-state index contributed by atoms with van der Waals surface area (Å²) in [7, 11) is 0. The lowest BCUT2D eigenvalue weighted by Gasteiger charge is -2.13. The third kappa shape index (κ3) is 4.82. The van der Waals surface area contributed by atoms with Crippen LogP contribution in [0.25, 0.3) is 0 Å². The molecule has 2 aromatic rings. The molecule has 0 aliphatic heterocycles. The molecular weight excluding hydrogens is 348 g/mol. The summed E-state index contributed by atoms with van der Waals surface area (Å²) in [5.41, 5.74) is 3.32. The van der Waals surface area contributed by atoms with Gasteiger partial charge in [-0.15, -0.1) is 0 Å². The van der Waals surface area contributed by atoms with Gasteiger partial charge in [-0.3, -0.25) is 4.79 Å². The third-order valence-corrected chi connectivity index (χ3v) is 4.93. The zero-order chi connectivity index (χ0) is 18.4. The number of hydrogen-bond donors (Lipinski definition) is 2. The number of benzene rings is 1. The first-order chi connectivity index (χ1) is 12.6. The van der Waals surface area contributed by atoms with Crippen LogP contribution < -0.4 is 10.6 Å². The fourth-order valence-corrected chi connectivity index (χ4v) is 3.14. The molecule has 0 spiro atoms. The highest BCUT2D eigenvalue weighted by Gasteiger charge is 2.12. The highest BCUT2D eigenvalue weighted by atomic mass is 35.5. The molecule has 1 heterocycles. The molecule has 0 fully saturated rings. The lowest BCUT2D eigenvalue weighted by molar-refractivity contribution is 0.102. The summed E-state index contributed by atoms with van der Waals surface area (Å²) >= 11 is 6.10. The van der Waals surface area contributed by atoms with E-state index >= 15 is 0 Å². The quantitative estimate of drug-likeness (QED) is 0.702. The topological polar surface area (TPSA) is 66.9 Å². The van der Waals surface area contributed by atoms with E-state index < -0.39 is 0 Å². The van der Waals surface area contributed by atoms with E-state index in [9.17, 15) is 4.79 Å². The maximum absolute atomic E-state index is 12.5. The van der Waals surface area contributed by atoms with Crippen molar-refractivity contribution in [3.05, 3.63) is 58.4 Å². The van der Waals surface area contributed by atoms with E-state index in [1.807, 2.05) is 13.0 Å². The number of carbonyl (C=O) groups is 1. The van der Waals surface area contributed by atoms with Gasteiger partial charge in [0, 0.05) is 23.5 Å². The van der Waals surface area contributed by atoms with Gasteiger partial charge >= 0.3 is 0 Å². The molecule has 136 valence electrons. The minimum Gasteiger partial charge on any atom is -0.354 e. The summed E-state index contributed by atoms with van der Waals surface area (Å²) in [4.78, 5) is 21.0. The molecule has 0 atom stereocenters. The van der Waals surface area contributed by atoms with Gasteiger partial charge in [0.1, 0.15) is 5.69 Å².